The van der Waals surface area contributed by atoms with Crippen LogP contribution in [-0.4, -0.2) is 51.8 Å². The van der Waals surface area contributed by atoms with Gasteiger partial charge < -0.3 is 10.1 Å². The van der Waals surface area contributed by atoms with Crippen molar-refractivity contribution in [3.8, 4) is 0 Å². The molecule has 2 rings (SSSR count). The van der Waals surface area contributed by atoms with Gasteiger partial charge in [-0.3, -0.25) is 4.79 Å². The van der Waals surface area contributed by atoms with Gasteiger partial charge in [0.15, 0.2) is 0 Å². The summed E-state index contributed by atoms with van der Waals surface area (Å²) in [6, 6.07) is 13.9. The summed E-state index contributed by atoms with van der Waals surface area (Å²) in [5, 5.41) is 2.64. The summed E-state index contributed by atoms with van der Waals surface area (Å²) in [4.78, 5) is 24.6. The van der Waals surface area contributed by atoms with Crippen LogP contribution >= 0.6 is 0 Å². The number of rotatable bonds is 7. The summed E-state index contributed by atoms with van der Waals surface area (Å²) >= 11 is 0. The molecule has 0 aliphatic carbocycles. The van der Waals surface area contributed by atoms with E-state index in [4.69, 9.17) is 4.74 Å². The maximum Gasteiger partial charge on any atom is 0.328 e. The van der Waals surface area contributed by atoms with E-state index in [0.717, 1.165) is 9.87 Å². The third-order valence-electron chi connectivity index (χ3n) is 3.97. The summed E-state index contributed by atoms with van der Waals surface area (Å²) < 4.78 is 30.0. The summed E-state index contributed by atoms with van der Waals surface area (Å²) in [5.41, 5.74) is 1.12. The van der Waals surface area contributed by atoms with Crippen LogP contribution in [0.3, 0.4) is 0 Å². The Morgan fingerprint density at radius 1 is 1.04 bits per heavy atom. The Balaban J connectivity index is 2.16. The summed E-state index contributed by atoms with van der Waals surface area (Å²) in [5.74, 6) is -1.05. The van der Waals surface area contributed by atoms with E-state index in [1.54, 1.807) is 0 Å². The highest BCUT2D eigenvalue weighted by atomic mass is 32.2. The second-order valence-electron chi connectivity index (χ2n) is 6.05. The van der Waals surface area contributed by atoms with E-state index < -0.39 is 27.9 Å². The first-order chi connectivity index (χ1) is 12.8. The topological polar surface area (TPSA) is 92.8 Å². The monoisotopic (exact) mass is 390 g/mol. The van der Waals surface area contributed by atoms with Gasteiger partial charge in [-0.1, -0.05) is 30.3 Å². The first kappa shape index (κ1) is 20.6. The van der Waals surface area contributed by atoms with E-state index in [1.807, 2.05) is 30.3 Å². The van der Waals surface area contributed by atoms with Gasteiger partial charge >= 0.3 is 5.97 Å². The first-order valence-electron chi connectivity index (χ1n) is 8.21. The van der Waals surface area contributed by atoms with E-state index in [2.05, 4.69) is 5.32 Å². The predicted octanol–water partition coefficient (Wildman–Crippen LogP) is 1.45. The van der Waals surface area contributed by atoms with E-state index in [0.29, 0.717) is 0 Å². The zero-order chi connectivity index (χ0) is 20.0. The third kappa shape index (κ3) is 5.15. The number of ether oxygens (including phenoxy) is 1. The van der Waals surface area contributed by atoms with Gasteiger partial charge in [0.25, 0.3) is 5.91 Å². The Kier molecular flexibility index (Phi) is 6.70. The molecule has 7 nitrogen and oxygen atoms in total. The number of nitrogens with zero attached hydrogens (tertiary/aromatic N) is 1. The zero-order valence-corrected chi connectivity index (χ0v) is 16.2. The van der Waals surface area contributed by atoms with Gasteiger partial charge in [-0.2, -0.15) is 0 Å². The molecule has 1 atom stereocenters. The third-order valence-corrected chi connectivity index (χ3v) is 5.80. The molecule has 0 aliphatic rings. The molecule has 0 heterocycles. The van der Waals surface area contributed by atoms with Crippen molar-refractivity contribution in [3.05, 3.63) is 65.7 Å². The highest BCUT2D eigenvalue weighted by Crippen LogP contribution is 2.14. The molecule has 0 bridgehead atoms. The number of esters is 1. The molecule has 2 aromatic carbocycles. The number of amides is 1. The van der Waals surface area contributed by atoms with Crippen LogP contribution in [0.25, 0.3) is 0 Å². The van der Waals surface area contributed by atoms with Gasteiger partial charge in [-0.05, 0) is 29.8 Å². The van der Waals surface area contributed by atoms with E-state index >= 15 is 0 Å². The molecule has 144 valence electrons. The fourth-order valence-electron chi connectivity index (χ4n) is 2.42. The number of methoxy groups -OCH3 is 1. The molecule has 0 saturated carbocycles. The lowest BCUT2D eigenvalue weighted by molar-refractivity contribution is -0.142. The SMILES string of the molecule is COC(=O)C(Cc1ccccc1)NC(=O)c1ccc(S(=O)(=O)N(C)C)cc1. The van der Waals surface area contributed by atoms with Crippen LogP contribution in [0.2, 0.25) is 0 Å². The van der Waals surface area contributed by atoms with Crippen molar-refractivity contribution in [2.45, 2.75) is 17.4 Å². The fourth-order valence-corrected chi connectivity index (χ4v) is 3.32. The van der Waals surface area contributed by atoms with E-state index in [-0.39, 0.29) is 16.9 Å². The molecule has 27 heavy (non-hydrogen) atoms. The molecule has 0 saturated heterocycles. The van der Waals surface area contributed by atoms with Gasteiger partial charge in [0.1, 0.15) is 6.04 Å². The lowest BCUT2D eigenvalue weighted by Gasteiger charge is -2.17. The average molecular weight is 390 g/mol. The summed E-state index contributed by atoms with van der Waals surface area (Å²) in [6.07, 6.45) is 0.284. The summed E-state index contributed by atoms with van der Waals surface area (Å²) in [6.45, 7) is 0. The Morgan fingerprint density at radius 3 is 2.15 bits per heavy atom. The van der Waals surface area contributed by atoms with Crippen LogP contribution < -0.4 is 5.32 Å². The van der Waals surface area contributed by atoms with Crippen LogP contribution in [0.1, 0.15) is 15.9 Å². The normalized spacial score (nSPS) is 12.4. The lowest BCUT2D eigenvalue weighted by Crippen LogP contribution is -2.43. The molecule has 0 fully saturated rings. The van der Waals surface area contributed by atoms with Crippen molar-refractivity contribution in [2.75, 3.05) is 21.2 Å². The highest BCUT2D eigenvalue weighted by Gasteiger charge is 2.23. The van der Waals surface area contributed by atoms with Gasteiger partial charge in [0, 0.05) is 26.1 Å². The Morgan fingerprint density at radius 2 is 1.63 bits per heavy atom. The van der Waals surface area contributed by atoms with Crippen LogP contribution in [0, 0.1) is 0 Å². The second kappa shape index (κ2) is 8.79. The minimum atomic E-state index is -3.57. The van der Waals surface area contributed by atoms with Gasteiger partial charge in [-0.15, -0.1) is 0 Å². The Hall–Kier alpha value is -2.71. The molecule has 0 radical (unpaired) electrons. The number of nitrogens with one attached hydrogen (secondary N) is 1. The smallest absolute Gasteiger partial charge is 0.328 e. The van der Waals surface area contributed by atoms with Gasteiger partial charge in [0.05, 0.1) is 12.0 Å². The standard InChI is InChI=1S/C19H22N2O5S/c1-21(2)27(24,25)16-11-9-15(10-12-16)18(22)20-17(19(23)26-3)13-14-7-5-4-6-8-14/h4-12,17H,13H2,1-3H3,(H,20,22). The van der Waals surface area contributed by atoms with Crippen molar-refractivity contribution in [3.63, 3.8) is 0 Å². The summed E-state index contributed by atoms with van der Waals surface area (Å²) in [7, 11) is 0.546. The number of hydrogen-bond donors (Lipinski definition) is 1. The van der Waals surface area contributed by atoms with Gasteiger partial charge in [0.2, 0.25) is 10.0 Å². The predicted molar refractivity (Wildman–Crippen MR) is 101 cm³/mol. The lowest BCUT2D eigenvalue weighted by atomic mass is 10.1. The molecule has 2 aromatic rings. The molecule has 1 N–H and O–H groups in total. The quantitative estimate of drug-likeness (QED) is 0.723. The molecule has 1 unspecified atom stereocenters. The van der Waals surface area contributed by atoms with Crippen molar-refractivity contribution >= 4 is 21.9 Å². The number of carbonyl (C=O) groups is 2. The fraction of sp³-hybridized carbons (Fsp3) is 0.263. The number of carbonyl (C=O) groups excluding carboxylic acids is 2. The minimum Gasteiger partial charge on any atom is -0.467 e. The van der Waals surface area contributed by atoms with Gasteiger partial charge in [-0.25, -0.2) is 17.5 Å². The number of hydrogen-bond acceptors (Lipinski definition) is 5. The molecular weight excluding hydrogens is 368 g/mol. The molecule has 8 heteroatoms. The van der Waals surface area contributed by atoms with Crippen molar-refractivity contribution in [1.82, 2.24) is 9.62 Å². The molecule has 1 amide bonds. The van der Waals surface area contributed by atoms with Crippen LogP contribution in [0.4, 0.5) is 0 Å². The maximum atomic E-state index is 12.5. The van der Waals surface area contributed by atoms with Crippen molar-refractivity contribution in [2.24, 2.45) is 0 Å². The first-order valence-corrected chi connectivity index (χ1v) is 9.65. The van der Waals surface area contributed by atoms with Crippen LogP contribution in [0.15, 0.2) is 59.5 Å². The highest BCUT2D eigenvalue weighted by molar-refractivity contribution is 7.89. The molecule has 0 aromatic heterocycles. The van der Waals surface area contributed by atoms with Crippen LogP contribution in [-0.2, 0) is 26.0 Å². The van der Waals surface area contributed by atoms with Crippen molar-refractivity contribution < 1.29 is 22.7 Å². The Bertz CT molecular complexity index is 893. The average Bonchev–Trinajstić information content (AvgIpc) is 2.67. The Labute approximate surface area is 159 Å². The van der Waals surface area contributed by atoms with Crippen LogP contribution in [0.5, 0.6) is 0 Å². The number of benzene rings is 2. The minimum absolute atomic E-state index is 0.0813. The second-order valence-corrected chi connectivity index (χ2v) is 8.20. The zero-order valence-electron chi connectivity index (χ0n) is 15.4. The van der Waals surface area contributed by atoms with Crippen molar-refractivity contribution in [1.29, 1.82) is 0 Å². The van der Waals surface area contributed by atoms with E-state index in [9.17, 15) is 18.0 Å². The maximum absolute atomic E-state index is 12.5. The molecule has 0 spiro atoms. The largest absolute Gasteiger partial charge is 0.467 e. The molecular formula is C19H22N2O5S. The van der Waals surface area contributed by atoms with E-state index in [1.165, 1.54) is 45.5 Å². The number of sulfonamides is 1. The molecule has 0 aliphatic heterocycles.